The molecule has 0 bridgehead atoms. The van der Waals surface area contributed by atoms with Crippen molar-refractivity contribution in [2.45, 2.75) is 19.9 Å². The number of fused-ring (bicyclic) bond motifs is 2. The molecule has 0 spiro atoms. The highest BCUT2D eigenvalue weighted by atomic mass is 32.1. The van der Waals surface area contributed by atoms with Gasteiger partial charge in [0.25, 0.3) is 5.91 Å². The summed E-state index contributed by atoms with van der Waals surface area (Å²) in [6.45, 7) is 3.79. The number of benzene rings is 1. The molecule has 3 heterocycles. The van der Waals surface area contributed by atoms with Crippen LogP contribution in [-0.4, -0.2) is 34.4 Å². The Morgan fingerprint density at radius 2 is 2.21 bits per heavy atom. The lowest BCUT2D eigenvalue weighted by Gasteiger charge is -2.26. The smallest absolute Gasteiger partial charge is 0.257 e. The molecule has 0 saturated carbocycles. The molecule has 1 aliphatic rings. The number of aromatic nitrogens is 2. The second-order valence-electron chi connectivity index (χ2n) is 6.18. The van der Waals surface area contributed by atoms with E-state index >= 15 is 0 Å². The number of amides is 1. The van der Waals surface area contributed by atoms with Crippen LogP contribution >= 0.6 is 11.3 Å². The van der Waals surface area contributed by atoms with Gasteiger partial charge in [-0.05, 0) is 49.7 Å². The molecule has 24 heavy (non-hydrogen) atoms. The Kier molecular flexibility index (Phi) is 3.78. The molecular weight excluding hydrogens is 320 g/mol. The number of pyridine rings is 1. The summed E-state index contributed by atoms with van der Waals surface area (Å²) in [6.07, 6.45) is 4.41. The van der Waals surface area contributed by atoms with Crippen LogP contribution in [0.5, 0.6) is 0 Å². The molecule has 1 aromatic carbocycles. The van der Waals surface area contributed by atoms with Gasteiger partial charge in [0.2, 0.25) is 0 Å². The minimum Gasteiger partial charge on any atom is -0.322 e. The van der Waals surface area contributed by atoms with E-state index in [4.69, 9.17) is 0 Å². The fourth-order valence-corrected chi connectivity index (χ4v) is 3.96. The van der Waals surface area contributed by atoms with E-state index in [9.17, 15) is 4.79 Å². The minimum absolute atomic E-state index is 0.102. The summed E-state index contributed by atoms with van der Waals surface area (Å²) >= 11 is 1.66. The van der Waals surface area contributed by atoms with Crippen molar-refractivity contribution < 1.29 is 4.79 Å². The van der Waals surface area contributed by atoms with Crippen LogP contribution in [-0.2, 0) is 13.0 Å². The van der Waals surface area contributed by atoms with Crippen LogP contribution in [0, 0.1) is 6.92 Å². The fraction of sp³-hybridized carbons (Fsp3) is 0.278. The fourth-order valence-electron chi connectivity index (χ4n) is 3.15. The van der Waals surface area contributed by atoms with Gasteiger partial charge < -0.3 is 10.2 Å². The number of nitrogens with one attached hydrogen (secondary N) is 1. The summed E-state index contributed by atoms with van der Waals surface area (Å²) < 4.78 is 1.13. The van der Waals surface area contributed by atoms with Crippen molar-refractivity contribution in [2.24, 2.45) is 0 Å². The Hall–Kier alpha value is -2.31. The van der Waals surface area contributed by atoms with E-state index in [1.807, 2.05) is 31.3 Å². The third-order valence-corrected chi connectivity index (χ3v) is 5.28. The van der Waals surface area contributed by atoms with E-state index < -0.39 is 0 Å². The molecule has 0 fully saturated rings. The molecule has 4 rings (SSSR count). The van der Waals surface area contributed by atoms with Crippen molar-refractivity contribution in [3.8, 4) is 0 Å². The molecule has 1 N–H and O–H groups in total. The van der Waals surface area contributed by atoms with Crippen LogP contribution in [0.15, 0.2) is 30.6 Å². The van der Waals surface area contributed by atoms with Gasteiger partial charge in [-0.15, -0.1) is 11.3 Å². The number of rotatable bonds is 2. The number of hydrogen-bond donors (Lipinski definition) is 1. The second-order valence-corrected chi connectivity index (χ2v) is 7.42. The van der Waals surface area contributed by atoms with Crippen LogP contribution in [0.1, 0.15) is 26.5 Å². The Balaban J connectivity index is 1.63. The Bertz CT molecular complexity index is 934. The van der Waals surface area contributed by atoms with E-state index in [0.29, 0.717) is 5.56 Å². The maximum atomic E-state index is 12.7. The largest absolute Gasteiger partial charge is 0.322 e. The van der Waals surface area contributed by atoms with Crippen LogP contribution < -0.4 is 5.32 Å². The molecule has 0 unspecified atom stereocenters. The van der Waals surface area contributed by atoms with Crippen molar-refractivity contribution in [3.63, 3.8) is 0 Å². The summed E-state index contributed by atoms with van der Waals surface area (Å²) in [5, 5.41) is 4.02. The molecule has 0 saturated heterocycles. The monoisotopic (exact) mass is 338 g/mol. The van der Waals surface area contributed by atoms with Crippen molar-refractivity contribution in [3.05, 3.63) is 52.3 Å². The summed E-state index contributed by atoms with van der Waals surface area (Å²) in [7, 11) is 2.08. The maximum absolute atomic E-state index is 12.7. The van der Waals surface area contributed by atoms with Crippen LogP contribution in [0.25, 0.3) is 10.2 Å². The highest BCUT2D eigenvalue weighted by Crippen LogP contribution is 2.26. The van der Waals surface area contributed by atoms with E-state index in [2.05, 4.69) is 27.2 Å². The molecule has 122 valence electrons. The molecule has 2 aromatic heterocycles. The number of likely N-dealkylation sites (N-methyl/N-ethyl adjacent to an activating group) is 1. The van der Waals surface area contributed by atoms with Gasteiger partial charge in [0, 0.05) is 31.2 Å². The first-order chi connectivity index (χ1) is 11.6. The quantitative estimate of drug-likeness (QED) is 0.779. The van der Waals surface area contributed by atoms with Gasteiger partial charge in [-0.2, -0.15) is 0 Å². The number of nitrogens with zero attached hydrogens (tertiary/aromatic N) is 3. The van der Waals surface area contributed by atoms with E-state index in [0.717, 1.165) is 51.5 Å². The number of aryl methyl sites for hydroxylation is 1. The number of thiazole rings is 1. The minimum atomic E-state index is -0.102. The number of carbonyl (C=O) groups is 1. The zero-order valence-electron chi connectivity index (χ0n) is 13.7. The first kappa shape index (κ1) is 15.2. The number of hydrogen-bond acceptors (Lipinski definition) is 5. The van der Waals surface area contributed by atoms with Crippen LogP contribution in [0.2, 0.25) is 0 Å². The predicted molar refractivity (Wildman–Crippen MR) is 96.6 cm³/mol. The molecular formula is C18H18N4OS. The van der Waals surface area contributed by atoms with Gasteiger partial charge >= 0.3 is 0 Å². The van der Waals surface area contributed by atoms with E-state index in [1.54, 1.807) is 17.5 Å². The first-order valence-corrected chi connectivity index (χ1v) is 8.74. The predicted octanol–water partition coefficient (Wildman–Crippen LogP) is 3.24. The van der Waals surface area contributed by atoms with Gasteiger partial charge in [-0.25, -0.2) is 4.98 Å². The van der Waals surface area contributed by atoms with Gasteiger partial charge in [0.15, 0.2) is 0 Å². The maximum Gasteiger partial charge on any atom is 0.257 e. The number of anilines is 1. The number of carbonyl (C=O) groups excluding carboxylic acids is 1. The van der Waals surface area contributed by atoms with E-state index in [1.165, 1.54) is 0 Å². The summed E-state index contributed by atoms with van der Waals surface area (Å²) in [5.74, 6) is -0.102. The average molecular weight is 338 g/mol. The third kappa shape index (κ3) is 2.79. The molecule has 0 aliphatic carbocycles. The molecule has 1 amide bonds. The zero-order chi connectivity index (χ0) is 16.7. The van der Waals surface area contributed by atoms with Gasteiger partial charge in [-0.1, -0.05) is 0 Å². The topological polar surface area (TPSA) is 58.1 Å². The molecule has 1 aliphatic heterocycles. The summed E-state index contributed by atoms with van der Waals surface area (Å²) in [4.78, 5) is 23.7. The van der Waals surface area contributed by atoms with Gasteiger partial charge in [0.05, 0.1) is 20.8 Å². The van der Waals surface area contributed by atoms with Crippen LogP contribution in [0.4, 0.5) is 5.69 Å². The lowest BCUT2D eigenvalue weighted by molar-refractivity contribution is 0.102. The normalized spacial score (nSPS) is 14.6. The summed E-state index contributed by atoms with van der Waals surface area (Å²) in [6, 6.07) is 5.85. The average Bonchev–Trinajstić information content (AvgIpc) is 2.93. The zero-order valence-corrected chi connectivity index (χ0v) is 14.5. The lowest BCUT2D eigenvalue weighted by Crippen LogP contribution is -2.29. The van der Waals surface area contributed by atoms with E-state index in [-0.39, 0.29) is 5.91 Å². The molecule has 5 nitrogen and oxygen atoms in total. The Labute approximate surface area is 144 Å². The van der Waals surface area contributed by atoms with Crippen molar-refractivity contribution in [1.82, 2.24) is 14.9 Å². The SMILES string of the molecule is Cc1nc2cc(NC(=O)c3cncc4c3CCN(C)C4)ccc2s1. The van der Waals surface area contributed by atoms with Gasteiger partial charge in [-0.3, -0.25) is 9.78 Å². The highest BCUT2D eigenvalue weighted by molar-refractivity contribution is 7.18. The Morgan fingerprint density at radius 3 is 3.08 bits per heavy atom. The molecule has 0 atom stereocenters. The lowest BCUT2D eigenvalue weighted by atomic mass is 9.97. The summed E-state index contributed by atoms with van der Waals surface area (Å²) in [5.41, 5.74) is 4.62. The third-order valence-electron chi connectivity index (χ3n) is 4.33. The van der Waals surface area contributed by atoms with Crippen molar-refractivity contribution >= 4 is 33.1 Å². The standard InChI is InChI=1S/C18H18N4OS/c1-11-20-16-7-13(3-4-17(16)24-11)21-18(23)15-9-19-8-12-10-22(2)6-5-14(12)15/h3-4,7-9H,5-6,10H2,1-2H3,(H,21,23). The molecule has 3 aromatic rings. The van der Waals surface area contributed by atoms with Crippen molar-refractivity contribution in [1.29, 1.82) is 0 Å². The first-order valence-electron chi connectivity index (χ1n) is 7.93. The van der Waals surface area contributed by atoms with Gasteiger partial charge in [0.1, 0.15) is 0 Å². The highest BCUT2D eigenvalue weighted by Gasteiger charge is 2.20. The van der Waals surface area contributed by atoms with Crippen LogP contribution in [0.3, 0.4) is 0 Å². The Morgan fingerprint density at radius 1 is 1.33 bits per heavy atom. The molecule has 6 heteroatoms. The molecule has 0 radical (unpaired) electrons. The second kappa shape index (κ2) is 5.96. The van der Waals surface area contributed by atoms with Crippen molar-refractivity contribution in [2.75, 3.05) is 18.9 Å².